The fourth-order valence-electron chi connectivity index (χ4n) is 5.98. The molecule has 1 spiro atoms. The molecule has 38 heavy (non-hydrogen) atoms. The molecule has 2 atom stereocenters. The number of amides is 4. The van der Waals surface area contributed by atoms with Crippen LogP contribution in [0.5, 0.6) is 0 Å². The van der Waals surface area contributed by atoms with E-state index >= 15 is 0 Å². The number of benzene rings is 3. The van der Waals surface area contributed by atoms with Gasteiger partial charge in [0.15, 0.2) is 5.41 Å². The van der Waals surface area contributed by atoms with Crippen LogP contribution in [-0.4, -0.2) is 53.3 Å². The normalized spacial score (nSPS) is 23.2. The van der Waals surface area contributed by atoms with Crippen molar-refractivity contribution in [2.75, 3.05) is 29.4 Å². The summed E-state index contributed by atoms with van der Waals surface area (Å²) in [6.45, 7) is 2.24. The molecule has 3 aliphatic rings. The van der Waals surface area contributed by atoms with Gasteiger partial charge in [-0.15, -0.1) is 0 Å². The molecular weight excluding hydrogens is 486 g/mol. The van der Waals surface area contributed by atoms with E-state index in [4.69, 9.17) is 0 Å². The number of nitrogens with one attached hydrogen (secondary N) is 1. The van der Waals surface area contributed by atoms with Crippen molar-refractivity contribution in [1.29, 1.82) is 0 Å². The van der Waals surface area contributed by atoms with E-state index in [-0.39, 0.29) is 12.1 Å². The van der Waals surface area contributed by atoms with Gasteiger partial charge >= 0.3 is 6.03 Å². The smallest absolute Gasteiger partial charge is 0.335 e. The van der Waals surface area contributed by atoms with Crippen LogP contribution in [0.3, 0.4) is 0 Å². The number of nitro benzene ring substituents is 1. The maximum absolute atomic E-state index is 14.3. The van der Waals surface area contributed by atoms with E-state index in [9.17, 15) is 24.5 Å². The molecule has 0 saturated carbocycles. The van der Waals surface area contributed by atoms with E-state index < -0.39 is 34.2 Å². The van der Waals surface area contributed by atoms with Crippen LogP contribution in [0.1, 0.15) is 11.1 Å². The summed E-state index contributed by atoms with van der Waals surface area (Å²) >= 11 is 0. The highest BCUT2D eigenvalue weighted by Crippen LogP contribution is 2.47. The molecule has 3 aromatic carbocycles. The molecule has 1 N–H and O–H groups in total. The number of anilines is 2. The Morgan fingerprint density at radius 2 is 1.66 bits per heavy atom. The van der Waals surface area contributed by atoms with Crippen LogP contribution in [0.15, 0.2) is 78.9 Å². The largest absolute Gasteiger partial charge is 0.364 e. The van der Waals surface area contributed by atoms with Gasteiger partial charge in [0.05, 0.1) is 16.7 Å². The molecule has 192 valence electrons. The number of non-ortho nitro benzene ring substituents is 1. The van der Waals surface area contributed by atoms with Gasteiger partial charge in [-0.05, 0) is 29.3 Å². The Labute approximate surface area is 218 Å². The van der Waals surface area contributed by atoms with Crippen LogP contribution in [0, 0.1) is 15.5 Å². The van der Waals surface area contributed by atoms with Crippen molar-refractivity contribution < 1.29 is 19.3 Å². The molecule has 0 radical (unpaired) electrons. The lowest BCUT2D eigenvalue weighted by Crippen LogP contribution is -2.75. The monoisotopic (exact) mass is 511 g/mol. The average molecular weight is 512 g/mol. The Kier molecular flexibility index (Phi) is 5.68. The van der Waals surface area contributed by atoms with Crippen LogP contribution in [0.2, 0.25) is 0 Å². The minimum Gasteiger partial charge on any atom is -0.364 e. The zero-order valence-corrected chi connectivity index (χ0v) is 20.4. The molecule has 3 aliphatic heterocycles. The standard InChI is InChI=1S/C28H25N5O5/c34-25-28(26(35)32(27(36)29-25)21-9-5-2-6-10-21)16-20-15-22(33(37)38)11-12-23(20)31-14-13-30(18-24(28)31)17-19-7-3-1-4-8-19/h1-12,15,24H,13-14,16-18H2,(H,29,34,36)/t24-,28+/m0/s1. The quantitative estimate of drug-likeness (QED) is 0.325. The van der Waals surface area contributed by atoms with Crippen molar-refractivity contribution in [1.82, 2.24) is 10.2 Å². The minimum absolute atomic E-state index is 0.0500. The third kappa shape index (κ3) is 3.72. The topological polar surface area (TPSA) is 116 Å². The number of para-hydroxylation sites is 1. The second kappa shape index (κ2) is 9.07. The van der Waals surface area contributed by atoms with Crippen molar-refractivity contribution in [2.45, 2.75) is 19.0 Å². The van der Waals surface area contributed by atoms with Gasteiger partial charge in [0.25, 0.3) is 11.6 Å². The first-order valence-corrected chi connectivity index (χ1v) is 12.4. The Bertz CT molecular complexity index is 1450. The van der Waals surface area contributed by atoms with Gasteiger partial charge in [0.1, 0.15) is 0 Å². The minimum atomic E-state index is -1.65. The second-order valence-electron chi connectivity index (χ2n) is 9.88. The molecule has 4 amide bonds. The zero-order valence-electron chi connectivity index (χ0n) is 20.4. The fraction of sp³-hybridized carbons (Fsp3) is 0.250. The molecule has 0 aromatic heterocycles. The summed E-state index contributed by atoms with van der Waals surface area (Å²) in [5.41, 5.74) is 1.02. The van der Waals surface area contributed by atoms with Crippen LogP contribution < -0.4 is 15.1 Å². The Balaban J connectivity index is 1.46. The molecule has 3 heterocycles. The third-order valence-electron chi connectivity index (χ3n) is 7.76. The van der Waals surface area contributed by atoms with E-state index in [1.807, 2.05) is 35.2 Å². The molecule has 3 aromatic rings. The number of nitrogens with zero attached hydrogens (tertiary/aromatic N) is 4. The van der Waals surface area contributed by atoms with E-state index in [2.05, 4.69) is 10.2 Å². The molecule has 6 rings (SSSR count). The Morgan fingerprint density at radius 3 is 2.37 bits per heavy atom. The van der Waals surface area contributed by atoms with Crippen LogP contribution in [0.25, 0.3) is 0 Å². The number of imide groups is 2. The highest BCUT2D eigenvalue weighted by atomic mass is 16.6. The van der Waals surface area contributed by atoms with Crippen molar-refractivity contribution in [3.05, 3.63) is 100 Å². The van der Waals surface area contributed by atoms with Crippen molar-refractivity contribution in [2.24, 2.45) is 5.41 Å². The molecule has 0 unspecified atom stereocenters. The summed E-state index contributed by atoms with van der Waals surface area (Å²) in [7, 11) is 0. The van der Waals surface area contributed by atoms with E-state index in [1.54, 1.807) is 36.4 Å². The van der Waals surface area contributed by atoms with E-state index in [0.29, 0.717) is 37.4 Å². The first-order valence-electron chi connectivity index (χ1n) is 12.4. The predicted octanol–water partition coefficient (Wildman–Crippen LogP) is 3.11. The number of nitro groups is 1. The molecule has 0 aliphatic carbocycles. The van der Waals surface area contributed by atoms with Gasteiger partial charge < -0.3 is 4.90 Å². The number of fused-ring (bicyclic) bond motifs is 4. The van der Waals surface area contributed by atoms with Crippen molar-refractivity contribution in [3.63, 3.8) is 0 Å². The molecule has 2 saturated heterocycles. The molecular formula is C28H25N5O5. The summed E-state index contributed by atoms with van der Waals surface area (Å²) < 4.78 is 0. The van der Waals surface area contributed by atoms with Gasteiger partial charge in [-0.3, -0.25) is 29.9 Å². The number of barbiturate groups is 1. The number of piperazine rings is 1. The summed E-state index contributed by atoms with van der Waals surface area (Å²) in [6, 6.07) is 21.7. The maximum Gasteiger partial charge on any atom is 0.335 e. The number of hydrogen-bond acceptors (Lipinski definition) is 7. The van der Waals surface area contributed by atoms with Crippen LogP contribution >= 0.6 is 0 Å². The van der Waals surface area contributed by atoms with Crippen LogP contribution in [0.4, 0.5) is 21.9 Å². The summed E-state index contributed by atoms with van der Waals surface area (Å²) in [6.07, 6.45) is -0.0500. The SMILES string of the molecule is O=C1NC(=O)[C@]2(Cc3cc([N+](=O)[O-])ccc3N3CCN(Cc4ccccc4)C[C@H]32)C(=O)N1c1ccccc1. The molecule has 10 nitrogen and oxygen atoms in total. The molecule has 0 bridgehead atoms. The van der Waals surface area contributed by atoms with E-state index in [1.165, 1.54) is 12.1 Å². The lowest BCUT2D eigenvalue weighted by Gasteiger charge is -2.55. The Morgan fingerprint density at radius 1 is 0.947 bits per heavy atom. The van der Waals surface area contributed by atoms with Gasteiger partial charge in [0.2, 0.25) is 5.91 Å². The number of rotatable bonds is 4. The van der Waals surface area contributed by atoms with Crippen molar-refractivity contribution in [3.8, 4) is 0 Å². The molecule has 2 fully saturated rings. The summed E-state index contributed by atoms with van der Waals surface area (Å²) in [5, 5.41) is 14.0. The highest BCUT2D eigenvalue weighted by molar-refractivity contribution is 6.30. The summed E-state index contributed by atoms with van der Waals surface area (Å²) in [5.74, 6) is -1.29. The average Bonchev–Trinajstić information content (AvgIpc) is 2.92. The van der Waals surface area contributed by atoms with Crippen molar-refractivity contribution >= 4 is 34.9 Å². The first kappa shape index (κ1) is 23.8. The van der Waals surface area contributed by atoms with Gasteiger partial charge in [-0.2, -0.15) is 0 Å². The van der Waals surface area contributed by atoms with Gasteiger partial charge in [0, 0.05) is 50.4 Å². The maximum atomic E-state index is 14.3. The number of urea groups is 1. The highest BCUT2D eigenvalue weighted by Gasteiger charge is 2.63. The number of carbonyl (C=O) groups excluding carboxylic acids is 3. The molecule has 10 heteroatoms. The zero-order chi connectivity index (χ0) is 26.4. The van der Waals surface area contributed by atoms with E-state index in [0.717, 1.165) is 16.2 Å². The Hall–Kier alpha value is -4.57. The third-order valence-corrected chi connectivity index (χ3v) is 7.76. The van der Waals surface area contributed by atoms with Gasteiger partial charge in [-0.25, -0.2) is 9.69 Å². The lowest BCUT2D eigenvalue weighted by atomic mass is 9.67. The van der Waals surface area contributed by atoms with Crippen LogP contribution in [-0.2, 0) is 22.6 Å². The second-order valence-corrected chi connectivity index (χ2v) is 9.88. The van der Waals surface area contributed by atoms with Gasteiger partial charge in [-0.1, -0.05) is 48.5 Å². The number of carbonyl (C=O) groups is 3. The predicted molar refractivity (Wildman–Crippen MR) is 140 cm³/mol. The first-order chi connectivity index (χ1) is 18.4. The summed E-state index contributed by atoms with van der Waals surface area (Å²) in [4.78, 5) is 57.4. The lowest BCUT2D eigenvalue weighted by molar-refractivity contribution is -0.384. The number of hydrogen-bond donors (Lipinski definition) is 1. The fourth-order valence-corrected chi connectivity index (χ4v) is 5.98.